The van der Waals surface area contributed by atoms with E-state index in [1.165, 1.54) is 18.2 Å². The number of ether oxygens (including phenoxy) is 1. The van der Waals surface area contributed by atoms with Crippen molar-refractivity contribution in [1.29, 1.82) is 0 Å². The van der Waals surface area contributed by atoms with Crippen molar-refractivity contribution in [2.45, 2.75) is 26.4 Å². The van der Waals surface area contributed by atoms with Crippen LogP contribution >= 0.6 is 0 Å². The van der Waals surface area contributed by atoms with Crippen LogP contribution in [0.1, 0.15) is 31.9 Å². The summed E-state index contributed by atoms with van der Waals surface area (Å²) in [6, 6.07) is 3.89. The molecule has 0 saturated heterocycles. The first-order chi connectivity index (χ1) is 8.85. The predicted octanol–water partition coefficient (Wildman–Crippen LogP) is 2.08. The summed E-state index contributed by atoms with van der Waals surface area (Å²) in [5.74, 6) is -0.0567. The van der Waals surface area contributed by atoms with Crippen molar-refractivity contribution in [3.63, 3.8) is 0 Å². The molecule has 0 saturated carbocycles. The Morgan fingerprint density at radius 1 is 1.42 bits per heavy atom. The molecule has 19 heavy (non-hydrogen) atoms. The van der Waals surface area contributed by atoms with Crippen LogP contribution in [0.3, 0.4) is 0 Å². The Kier molecular flexibility index (Phi) is 5.75. The van der Waals surface area contributed by atoms with Gasteiger partial charge in [0.25, 0.3) is 0 Å². The van der Waals surface area contributed by atoms with Crippen LogP contribution in [-0.2, 0) is 9.84 Å². The van der Waals surface area contributed by atoms with E-state index in [0.29, 0.717) is 12.0 Å². The molecule has 4 nitrogen and oxygen atoms in total. The smallest absolute Gasteiger partial charge is 0.150 e. The maximum Gasteiger partial charge on any atom is 0.150 e. The normalized spacial score (nSPS) is 13.3. The number of hydrogen-bond donors (Lipinski definition) is 1. The van der Waals surface area contributed by atoms with E-state index in [1.807, 2.05) is 0 Å². The Bertz CT molecular complexity index is 511. The fraction of sp³-hybridized carbons (Fsp3) is 0.538. The van der Waals surface area contributed by atoms with Crippen LogP contribution in [0.5, 0.6) is 5.75 Å². The summed E-state index contributed by atoms with van der Waals surface area (Å²) in [7, 11) is -3.01. The number of benzene rings is 1. The molecule has 0 amide bonds. The van der Waals surface area contributed by atoms with Gasteiger partial charge in [-0.05, 0) is 25.5 Å². The lowest BCUT2D eigenvalue weighted by Gasteiger charge is -2.13. The van der Waals surface area contributed by atoms with Crippen molar-refractivity contribution in [3.05, 3.63) is 29.6 Å². The van der Waals surface area contributed by atoms with Gasteiger partial charge in [0.2, 0.25) is 0 Å². The lowest BCUT2D eigenvalue weighted by Crippen LogP contribution is -2.12. The van der Waals surface area contributed by atoms with E-state index in [4.69, 9.17) is 4.74 Å². The summed E-state index contributed by atoms with van der Waals surface area (Å²) in [4.78, 5) is 0. The maximum absolute atomic E-state index is 13.1. The standard InChI is InChI=1S/C13H19FO4S/c1-3-19(16,17)8-4-7-18-13-9-11(14)5-6-12(13)10(2)15/h5-6,9-10,15H,3-4,7-8H2,1-2H3/t10-/m0/s1. The second-order valence-corrected chi connectivity index (χ2v) is 6.77. The highest BCUT2D eigenvalue weighted by atomic mass is 32.2. The third kappa shape index (κ3) is 5.16. The van der Waals surface area contributed by atoms with Crippen LogP contribution in [0.15, 0.2) is 18.2 Å². The van der Waals surface area contributed by atoms with Gasteiger partial charge < -0.3 is 9.84 Å². The number of rotatable bonds is 7. The molecule has 0 aliphatic heterocycles. The van der Waals surface area contributed by atoms with Gasteiger partial charge in [0, 0.05) is 17.4 Å². The van der Waals surface area contributed by atoms with Crippen molar-refractivity contribution in [3.8, 4) is 5.75 Å². The van der Waals surface area contributed by atoms with Gasteiger partial charge in [0.15, 0.2) is 0 Å². The number of sulfone groups is 1. The molecule has 1 atom stereocenters. The molecule has 0 radical (unpaired) electrons. The zero-order chi connectivity index (χ0) is 14.5. The van der Waals surface area contributed by atoms with E-state index in [2.05, 4.69) is 0 Å². The second-order valence-electron chi connectivity index (χ2n) is 4.30. The number of aliphatic hydroxyl groups excluding tert-OH is 1. The van der Waals surface area contributed by atoms with Crippen molar-refractivity contribution in [2.24, 2.45) is 0 Å². The van der Waals surface area contributed by atoms with Gasteiger partial charge in [0.1, 0.15) is 21.4 Å². The van der Waals surface area contributed by atoms with Gasteiger partial charge >= 0.3 is 0 Å². The van der Waals surface area contributed by atoms with Gasteiger partial charge in [-0.25, -0.2) is 12.8 Å². The Hall–Kier alpha value is -1.14. The van der Waals surface area contributed by atoms with Crippen LogP contribution < -0.4 is 4.74 Å². The third-order valence-electron chi connectivity index (χ3n) is 2.72. The van der Waals surface area contributed by atoms with E-state index in [1.54, 1.807) is 13.8 Å². The van der Waals surface area contributed by atoms with Crippen LogP contribution in [-0.4, -0.2) is 31.6 Å². The molecule has 1 aromatic rings. The highest BCUT2D eigenvalue weighted by Crippen LogP contribution is 2.26. The molecule has 0 bridgehead atoms. The lowest BCUT2D eigenvalue weighted by atomic mass is 10.1. The minimum Gasteiger partial charge on any atom is -0.493 e. The lowest BCUT2D eigenvalue weighted by molar-refractivity contribution is 0.191. The van der Waals surface area contributed by atoms with E-state index in [-0.39, 0.29) is 23.9 Å². The highest BCUT2D eigenvalue weighted by Gasteiger charge is 2.11. The molecule has 1 N–H and O–H groups in total. The van der Waals surface area contributed by atoms with Gasteiger partial charge in [-0.1, -0.05) is 6.92 Å². The quantitative estimate of drug-likeness (QED) is 0.781. The Balaban J connectivity index is 2.60. The minimum atomic E-state index is -3.01. The van der Waals surface area contributed by atoms with Gasteiger partial charge in [-0.3, -0.25) is 0 Å². The zero-order valence-electron chi connectivity index (χ0n) is 11.1. The largest absolute Gasteiger partial charge is 0.493 e. The van der Waals surface area contributed by atoms with E-state index in [9.17, 15) is 17.9 Å². The van der Waals surface area contributed by atoms with Gasteiger partial charge in [-0.2, -0.15) is 0 Å². The van der Waals surface area contributed by atoms with E-state index in [0.717, 1.165) is 0 Å². The molecule has 0 fully saturated rings. The Morgan fingerprint density at radius 3 is 2.68 bits per heavy atom. The van der Waals surface area contributed by atoms with Crippen molar-refractivity contribution >= 4 is 9.84 Å². The Labute approximate surface area is 113 Å². The number of hydrogen-bond acceptors (Lipinski definition) is 4. The summed E-state index contributed by atoms with van der Waals surface area (Å²) >= 11 is 0. The summed E-state index contributed by atoms with van der Waals surface area (Å²) in [5, 5.41) is 9.52. The van der Waals surface area contributed by atoms with Crippen molar-refractivity contribution < 1.29 is 22.7 Å². The molecule has 0 unspecified atom stereocenters. The fourth-order valence-corrected chi connectivity index (χ4v) is 2.43. The molecule has 0 aliphatic carbocycles. The summed E-state index contributed by atoms with van der Waals surface area (Å²) in [6.45, 7) is 3.32. The average Bonchev–Trinajstić information content (AvgIpc) is 2.34. The van der Waals surface area contributed by atoms with Gasteiger partial charge in [-0.15, -0.1) is 0 Å². The summed E-state index contributed by atoms with van der Waals surface area (Å²) in [5.41, 5.74) is 0.486. The van der Waals surface area contributed by atoms with Crippen LogP contribution in [0, 0.1) is 5.82 Å². The SMILES string of the molecule is CCS(=O)(=O)CCCOc1cc(F)ccc1[C@H](C)O. The van der Waals surface area contributed by atoms with Crippen LogP contribution in [0.2, 0.25) is 0 Å². The molecule has 1 rings (SSSR count). The predicted molar refractivity (Wildman–Crippen MR) is 71.5 cm³/mol. The van der Waals surface area contributed by atoms with Gasteiger partial charge in [0.05, 0.1) is 18.5 Å². The van der Waals surface area contributed by atoms with E-state index >= 15 is 0 Å². The number of halogens is 1. The highest BCUT2D eigenvalue weighted by molar-refractivity contribution is 7.91. The van der Waals surface area contributed by atoms with Crippen LogP contribution in [0.25, 0.3) is 0 Å². The molecular weight excluding hydrogens is 271 g/mol. The molecule has 108 valence electrons. The molecule has 1 aromatic carbocycles. The third-order valence-corrected chi connectivity index (χ3v) is 4.51. The fourth-order valence-electron chi connectivity index (χ4n) is 1.58. The molecule has 0 aliphatic rings. The Morgan fingerprint density at radius 2 is 2.11 bits per heavy atom. The first kappa shape index (κ1) is 15.9. The monoisotopic (exact) mass is 290 g/mol. The molecule has 0 spiro atoms. The van der Waals surface area contributed by atoms with Crippen molar-refractivity contribution in [1.82, 2.24) is 0 Å². The zero-order valence-corrected chi connectivity index (χ0v) is 11.9. The maximum atomic E-state index is 13.1. The second kappa shape index (κ2) is 6.86. The minimum absolute atomic E-state index is 0.0445. The number of aliphatic hydroxyl groups is 1. The average molecular weight is 290 g/mol. The molecule has 0 heterocycles. The molecule has 0 aromatic heterocycles. The van der Waals surface area contributed by atoms with E-state index < -0.39 is 21.8 Å². The first-order valence-electron chi connectivity index (χ1n) is 6.16. The summed E-state index contributed by atoms with van der Waals surface area (Å²) < 4.78 is 41.0. The first-order valence-corrected chi connectivity index (χ1v) is 7.98. The summed E-state index contributed by atoms with van der Waals surface area (Å²) in [6.07, 6.45) is -0.429. The topological polar surface area (TPSA) is 63.6 Å². The molecular formula is C13H19FO4S. The molecule has 6 heteroatoms. The van der Waals surface area contributed by atoms with Crippen molar-refractivity contribution in [2.75, 3.05) is 18.1 Å². The van der Waals surface area contributed by atoms with Crippen LogP contribution in [0.4, 0.5) is 4.39 Å².